The second kappa shape index (κ2) is 5.85. The fraction of sp³-hybridized carbons (Fsp3) is 0.0952. The first-order valence-corrected chi connectivity index (χ1v) is 7.95. The highest BCUT2D eigenvalue weighted by Crippen LogP contribution is 2.29. The van der Waals surface area contributed by atoms with E-state index in [-0.39, 0.29) is 0 Å². The molecule has 1 aromatic heterocycles. The molecule has 4 rings (SSSR count). The van der Waals surface area contributed by atoms with Crippen LogP contribution in [-0.2, 0) is 0 Å². The van der Waals surface area contributed by atoms with E-state index >= 15 is 0 Å². The summed E-state index contributed by atoms with van der Waals surface area (Å²) in [7, 11) is 4.00. The maximum Gasteiger partial charge on any atom is 0.243 e. The Bertz CT molecular complexity index is 1030. The number of oxazole rings is 1. The molecule has 3 aromatic carbocycles. The van der Waals surface area contributed by atoms with Gasteiger partial charge in [0.2, 0.25) is 5.89 Å². The van der Waals surface area contributed by atoms with E-state index in [9.17, 15) is 0 Å². The minimum Gasteiger partial charge on any atom is -0.435 e. The maximum absolute atomic E-state index is 6.05. The molecule has 0 atom stereocenters. The summed E-state index contributed by atoms with van der Waals surface area (Å²) in [5, 5.41) is 2.28. The zero-order valence-corrected chi connectivity index (χ0v) is 13.7. The van der Waals surface area contributed by atoms with Crippen LogP contribution in [0.1, 0.15) is 11.5 Å². The summed E-state index contributed by atoms with van der Waals surface area (Å²) >= 11 is 0. The molecular weight excluding hydrogens is 296 g/mol. The fourth-order valence-corrected chi connectivity index (χ4v) is 2.86. The van der Waals surface area contributed by atoms with Crippen molar-refractivity contribution in [3.8, 4) is 0 Å². The Kier molecular flexibility index (Phi) is 3.54. The minimum atomic E-state index is 0.634. The van der Waals surface area contributed by atoms with Crippen molar-refractivity contribution in [2.24, 2.45) is 0 Å². The first-order valence-electron chi connectivity index (χ1n) is 7.95. The van der Waals surface area contributed by atoms with Gasteiger partial charge in [-0.25, -0.2) is 4.98 Å². The van der Waals surface area contributed by atoms with E-state index < -0.39 is 0 Å². The normalized spacial score (nSPS) is 12.0. The summed E-state index contributed by atoms with van der Waals surface area (Å²) in [6.07, 6.45) is 2.09. The Hall–Kier alpha value is -3.07. The SMILES string of the molecule is CN(C)C(=Cc1ccccc1)c1nc2c(ccc3ccccc32)o1. The number of aromatic nitrogens is 1. The number of hydrogen-bond acceptors (Lipinski definition) is 3. The van der Waals surface area contributed by atoms with Crippen LogP contribution in [0.2, 0.25) is 0 Å². The average Bonchev–Trinajstić information content (AvgIpc) is 3.04. The molecule has 4 aromatic rings. The van der Waals surface area contributed by atoms with Crippen molar-refractivity contribution in [2.75, 3.05) is 14.1 Å². The molecule has 0 saturated carbocycles. The molecule has 3 heteroatoms. The van der Waals surface area contributed by atoms with Gasteiger partial charge < -0.3 is 9.32 Å². The summed E-state index contributed by atoms with van der Waals surface area (Å²) in [6.45, 7) is 0. The highest BCUT2D eigenvalue weighted by atomic mass is 16.3. The number of hydrogen-bond donors (Lipinski definition) is 0. The average molecular weight is 314 g/mol. The van der Waals surface area contributed by atoms with Crippen molar-refractivity contribution in [3.05, 3.63) is 78.2 Å². The third-order valence-electron chi connectivity index (χ3n) is 4.09. The van der Waals surface area contributed by atoms with E-state index in [2.05, 4.69) is 36.4 Å². The molecule has 0 aliphatic carbocycles. The molecule has 0 bridgehead atoms. The summed E-state index contributed by atoms with van der Waals surface area (Å²) in [4.78, 5) is 6.81. The molecule has 118 valence electrons. The molecule has 0 aliphatic heterocycles. The molecule has 0 N–H and O–H groups in total. The van der Waals surface area contributed by atoms with Crippen LogP contribution < -0.4 is 0 Å². The summed E-state index contributed by atoms with van der Waals surface area (Å²) in [5.41, 5.74) is 3.78. The van der Waals surface area contributed by atoms with Crippen LogP contribution in [0, 0.1) is 0 Å². The Balaban J connectivity index is 1.90. The second-order valence-corrected chi connectivity index (χ2v) is 5.99. The summed E-state index contributed by atoms with van der Waals surface area (Å²) in [6, 6.07) is 22.5. The number of benzene rings is 3. The molecule has 0 saturated heterocycles. The fourth-order valence-electron chi connectivity index (χ4n) is 2.86. The molecule has 24 heavy (non-hydrogen) atoms. The zero-order valence-electron chi connectivity index (χ0n) is 13.7. The van der Waals surface area contributed by atoms with Crippen LogP contribution in [0.4, 0.5) is 0 Å². The molecule has 0 radical (unpaired) electrons. The predicted octanol–water partition coefficient (Wildman–Crippen LogP) is 5.04. The van der Waals surface area contributed by atoms with Crippen molar-refractivity contribution in [1.82, 2.24) is 9.88 Å². The van der Waals surface area contributed by atoms with Crippen molar-refractivity contribution in [1.29, 1.82) is 0 Å². The first-order chi connectivity index (χ1) is 11.7. The van der Waals surface area contributed by atoms with Crippen LogP contribution in [0.5, 0.6) is 0 Å². The van der Waals surface area contributed by atoms with E-state index in [0.717, 1.165) is 27.7 Å². The van der Waals surface area contributed by atoms with Gasteiger partial charge in [0, 0.05) is 19.5 Å². The van der Waals surface area contributed by atoms with E-state index in [4.69, 9.17) is 9.40 Å². The highest BCUT2D eigenvalue weighted by Gasteiger charge is 2.14. The lowest BCUT2D eigenvalue weighted by Gasteiger charge is -2.14. The molecule has 0 aliphatic rings. The molecule has 0 amide bonds. The van der Waals surface area contributed by atoms with Gasteiger partial charge in [-0.3, -0.25) is 0 Å². The first kappa shape index (κ1) is 14.5. The van der Waals surface area contributed by atoms with Gasteiger partial charge in [-0.15, -0.1) is 0 Å². The Morgan fingerprint density at radius 3 is 2.46 bits per heavy atom. The van der Waals surface area contributed by atoms with Gasteiger partial charge in [0.15, 0.2) is 5.58 Å². The van der Waals surface area contributed by atoms with E-state index in [1.807, 2.05) is 55.4 Å². The number of rotatable bonds is 3. The zero-order chi connectivity index (χ0) is 16.5. The van der Waals surface area contributed by atoms with Crippen molar-refractivity contribution >= 4 is 33.6 Å². The Morgan fingerprint density at radius 2 is 1.67 bits per heavy atom. The Morgan fingerprint density at radius 1 is 0.917 bits per heavy atom. The van der Waals surface area contributed by atoms with Gasteiger partial charge in [-0.1, -0.05) is 60.7 Å². The van der Waals surface area contributed by atoms with E-state index in [1.165, 1.54) is 5.39 Å². The molecule has 0 spiro atoms. The quantitative estimate of drug-likeness (QED) is 0.530. The van der Waals surface area contributed by atoms with Gasteiger partial charge in [0.1, 0.15) is 11.2 Å². The monoisotopic (exact) mass is 314 g/mol. The third-order valence-corrected chi connectivity index (χ3v) is 4.09. The standard InChI is InChI=1S/C21H18N2O/c1-23(2)18(14-15-8-4-3-5-9-15)21-22-20-17-11-7-6-10-16(17)12-13-19(20)24-21/h3-14H,1-2H3. The largest absolute Gasteiger partial charge is 0.435 e. The second-order valence-electron chi connectivity index (χ2n) is 5.99. The van der Waals surface area contributed by atoms with Gasteiger partial charge >= 0.3 is 0 Å². The van der Waals surface area contributed by atoms with Crippen molar-refractivity contribution in [3.63, 3.8) is 0 Å². The number of nitrogens with zero attached hydrogens (tertiary/aromatic N) is 2. The summed E-state index contributed by atoms with van der Waals surface area (Å²) < 4.78 is 6.05. The molecule has 0 fully saturated rings. The van der Waals surface area contributed by atoms with Gasteiger partial charge in [0.05, 0.1) is 0 Å². The smallest absolute Gasteiger partial charge is 0.243 e. The third kappa shape index (κ3) is 2.54. The molecule has 3 nitrogen and oxygen atoms in total. The molecule has 1 heterocycles. The van der Waals surface area contributed by atoms with Gasteiger partial charge in [-0.05, 0) is 23.1 Å². The summed E-state index contributed by atoms with van der Waals surface area (Å²) in [5.74, 6) is 0.634. The predicted molar refractivity (Wildman–Crippen MR) is 99.5 cm³/mol. The van der Waals surface area contributed by atoms with Gasteiger partial charge in [-0.2, -0.15) is 0 Å². The van der Waals surface area contributed by atoms with Crippen LogP contribution in [0.15, 0.2) is 71.1 Å². The van der Waals surface area contributed by atoms with Crippen LogP contribution >= 0.6 is 0 Å². The lowest BCUT2D eigenvalue weighted by Crippen LogP contribution is -2.10. The van der Waals surface area contributed by atoms with E-state index in [1.54, 1.807) is 0 Å². The topological polar surface area (TPSA) is 29.3 Å². The minimum absolute atomic E-state index is 0.634. The number of fused-ring (bicyclic) bond motifs is 3. The molecule has 0 unspecified atom stereocenters. The Labute approximate surface area is 140 Å². The lowest BCUT2D eigenvalue weighted by molar-refractivity contribution is 0.523. The lowest BCUT2D eigenvalue weighted by atomic mass is 10.1. The van der Waals surface area contributed by atoms with Crippen molar-refractivity contribution in [2.45, 2.75) is 0 Å². The maximum atomic E-state index is 6.05. The highest BCUT2D eigenvalue weighted by molar-refractivity contribution is 6.03. The van der Waals surface area contributed by atoms with Crippen LogP contribution in [0.25, 0.3) is 33.6 Å². The van der Waals surface area contributed by atoms with Crippen molar-refractivity contribution < 1.29 is 4.42 Å². The van der Waals surface area contributed by atoms with Crippen LogP contribution in [0.3, 0.4) is 0 Å². The van der Waals surface area contributed by atoms with Gasteiger partial charge in [0.25, 0.3) is 0 Å². The molecular formula is C21H18N2O. The van der Waals surface area contributed by atoms with E-state index in [0.29, 0.717) is 5.89 Å². The van der Waals surface area contributed by atoms with Crippen LogP contribution in [-0.4, -0.2) is 24.0 Å².